The summed E-state index contributed by atoms with van der Waals surface area (Å²) in [5.74, 6) is -0.124. The van der Waals surface area contributed by atoms with Gasteiger partial charge in [0.05, 0.1) is 5.25 Å². The Hall–Kier alpha value is -2.35. The van der Waals surface area contributed by atoms with Crippen LogP contribution in [0.4, 0.5) is 4.79 Å². The number of thioether (sulfide) groups is 1. The van der Waals surface area contributed by atoms with Crippen molar-refractivity contribution in [2.24, 2.45) is 5.73 Å². The van der Waals surface area contributed by atoms with Crippen molar-refractivity contribution in [2.45, 2.75) is 24.3 Å². The van der Waals surface area contributed by atoms with Gasteiger partial charge >= 0.3 is 6.03 Å². The predicted octanol–water partition coefficient (Wildman–Crippen LogP) is 1.72. The largest absolute Gasteiger partial charge is 0.411 e. The van der Waals surface area contributed by atoms with Crippen LogP contribution in [0.1, 0.15) is 12.5 Å². The Morgan fingerprint density at radius 2 is 2.05 bits per heavy atom. The van der Waals surface area contributed by atoms with Crippen LogP contribution >= 0.6 is 11.8 Å². The van der Waals surface area contributed by atoms with Crippen LogP contribution in [0.5, 0.6) is 0 Å². The van der Waals surface area contributed by atoms with Crippen molar-refractivity contribution in [3.63, 3.8) is 0 Å². The predicted molar refractivity (Wildman–Crippen MR) is 77.5 cm³/mol. The summed E-state index contributed by atoms with van der Waals surface area (Å²) < 4.78 is 5.52. The molecule has 7 nitrogen and oxygen atoms in total. The van der Waals surface area contributed by atoms with Gasteiger partial charge in [-0.25, -0.2) is 4.79 Å². The number of rotatable bonds is 4. The molecule has 0 radical (unpaired) electrons. The highest BCUT2D eigenvalue weighted by Crippen LogP contribution is 2.27. The summed E-state index contributed by atoms with van der Waals surface area (Å²) in [6.07, 6.45) is 0. The number of nitrogens with zero attached hydrogens (tertiary/aromatic N) is 2. The van der Waals surface area contributed by atoms with Crippen molar-refractivity contribution >= 4 is 23.7 Å². The number of urea groups is 1. The fourth-order valence-electron chi connectivity index (χ4n) is 1.61. The summed E-state index contributed by atoms with van der Waals surface area (Å²) in [6.45, 7) is 3.55. The van der Waals surface area contributed by atoms with Gasteiger partial charge in [-0.2, -0.15) is 0 Å². The highest BCUT2D eigenvalue weighted by molar-refractivity contribution is 8.00. The number of carbonyl (C=O) groups excluding carboxylic acids is 2. The van der Waals surface area contributed by atoms with E-state index in [4.69, 9.17) is 10.2 Å². The van der Waals surface area contributed by atoms with Gasteiger partial charge in [-0.05, 0) is 25.5 Å². The van der Waals surface area contributed by atoms with E-state index in [0.29, 0.717) is 5.89 Å². The zero-order valence-electron chi connectivity index (χ0n) is 11.5. The van der Waals surface area contributed by atoms with Crippen molar-refractivity contribution in [2.75, 3.05) is 0 Å². The monoisotopic (exact) mass is 306 g/mol. The molecule has 3 N–H and O–H groups in total. The van der Waals surface area contributed by atoms with E-state index in [1.54, 1.807) is 6.92 Å². The molecular formula is C13H14N4O3S. The summed E-state index contributed by atoms with van der Waals surface area (Å²) in [4.78, 5) is 22.2. The number of imide groups is 1. The lowest BCUT2D eigenvalue weighted by atomic mass is 10.1. The zero-order chi connectivity index (χ0) is 15.4. The standard InChI is InChI=1S/C13H14N4O3S/c1-7-5-3-4-6-9(7)11-16-17-13(20-11)21-8(2)10(18)15-12(14)19/h3-6,8H,1-2H3,(H3,14,15,18,19)/t8-/m0/s1. The molecule has 8 heteroatoms. The van der Waals surface area contributed by atoms with Gasteiger partial charge in [-0.15, -0.1) is 10.2 Å². The number of hydrogen-bond acceptors (Lipinski definition) is 6. The minimum Gasteiger partial charge on any atom is -0.411 e. The maximum absolute atomic E-state index is 11.6. The Kier molecular flexibility index (Phi) is 4.59. The lowest BCUT2D eigenvalue weighted by molar-refractivity contribution is -0.119. The van der Waals surface area contributed by atoms with E-state index in [0.717, 1.165) is 22.9 Å². The molecule has 3 amide bonds. The molecule has 0 spiro atoms. The molecule has 0 aliphatic carbocycles. The Morgan fingerprint density at radius 1 is 1.33 bits per heavy atom. The van der Waals surface area contributed by atoms with Gasteiger partial charge in [0.25, 0.3) is 5.22 Å². The quantitative estimate of drug-likeness (QED) is 0.832. The van der Waals surface area contributed by atoms with E-state index in [2.05, 4.69) is 10.2 Å². The summed E-state index contributed by atoms with van der Waals surface area (Å²) >= 11 is 1.05. The first-order chi connectivity index (χ1) is 9.97. The first kappa shape index (κ1) is 15.0. The van der Waals surface area contributed by atoms with Gasteiger partial charge in [-0.3, -0.25) is 10.1 Å². The molecule has 2 rings (SSSR count). The number of hydrogen-bond donors (Lipinski definition) is 2. The SMILES string of the molecule is Cc1ccccc1-c1nnc(S[C@@H](C)C(=O)NC(N)=O)o1. The van der Waals surface area contributed by atoms with Crippen molar-refractivity contribution in [3.05, 3.63) is 29.8 Å². The van der Waals surface area contributed by atoms with E-state index in [1.165, 1.54) is 0 Å². The summed E-state index contributed by atoms with van der Waals surface area (Å²) in [5.41, 5.74) is 6.74. The molecule has 1 aromatic heterocycles. The topological polar surface area (TPSA) is 111 Å². The summed E-state index contributed by atoms with van der Waals surface area (Å²) in [6, 6.07) is 6.72. The lowest BCUT2D eigenvalue weighted by Crippen LogP contribution is -2.39. The third kappa shape index (κ3) is 3.82. The number of benzene rings is 1. The Balaban J connectivity index is 2.09. The van der Waals surface area contributed by atoms with Crippen LogP contribution in [0, 0.1) is 6.92 Å². The van der Waals surface area contributed by atoms with Gasteiger partial charge in [0.1, 0.15) is 0 Å². The van der Waals surface area contributed by atoms with E-state index < -0.39 is 17.2 Å². The van der Waals surface area contributed by atoms with Crippen molar-refractivity contribution in [1.82, 2.24) is 15.5 Å². The number of nitrogens with two attached hydrogens (primary N) is 1. The van der Waals surface area contributed by atoms with E-state index in [9.17, 15) is 9.59 Å². The Bertz CT molecular complexity index is 671. The number of amides is 3. The normalized spacial score (nSPS) is 11.9. The fourth-order valence-corrected chi connectivity index (χ4v) is 2.29. The molecule has 0 unspecified atom stereocenters. The highest BCUT2D eigenvalue weighted by Gasteiger charge is 2.20. The molecule has 2 aromatic rings. The first-order valence-corrected chi connectivity index (χ1v) is 7.02. The Labute approximate surface area is 125 Å². The van der Waals surface area contributed by atoms with Gasteiger partial charge in [0.15, 0.2) is 0 Å². The van der Waals surface area contributed by atoms with Crippen molar-refractivity contribution in [3.8, 4) is 11.5 Å². The number of primary amides is 1. The molecule has 1 aromatic carbocycles. The van der Waals surface area contributed by atoms with Crippen LogP contribution in [-0.4, -0.2) is 27.4 Å². The molecule has 0 bridgehead atoms. The highest BCUT2D eigenvalue weighted by atomic mass is 32.2. The van der Waals surface area contributed by atoms with Crippen LogP contribution < -0.4 is 11.1 Å². The number of nitrogens with one attached hydrogen (secondary N) is 1. The second-order valence-corrected chi connectivity index (χ2v) is 5.59. The fraction of sp³-hybridized carbons (Fsp3) is 0.231. The van der Waals surface area contributed by atoms with Crippen LogP contribution in [0.15, 0.2) is 33.9 Å². The number of carbonyl (C=O) groups is 2. The minimum absolute atomic E-state index is 0.250. The van der Waals surface area contributed by atoms with Crippen molar-refractivity contribution in [1.29, 1.82) is 0 Å². The van der Waals surface area contributed by atoms with Crippen LogP contribution in [0.2, 0.25) is 0 Å². The maximum Gasteiger partial charge on any atom is 0.318 e. The second-order valence-electron chi connectivity index (χ2n) is 4.30. The maximum atomic E-state index is 11.6. The van der Waals surface area contributed by atoms with Crippen LogP contribution in [0.3, 0.4) is 0 Å². The molecule has 0 aliphatic heterocycles. The molecule has 0 saturated carbocycles. The van der Waals surface area contributed by atoms with E-state index in [-0.39, 0.29) is 5.22 Å². The van der Waals surface area contributed by atoms with Gasteiger partial charge in [0.2, 0.25) is 11.8 Å². The molecule has 110 valence electrons. The number of aryl methyl sites for hydroxylation is 1. The van der Waals surface area contributed by atoms with Crippen LogP contribution in [0.25, 0.3) is 11.5 Å². The van der Waals surface area contributed by atoms with Gasteiger partial charge in [0, 0.05) is 5.56 Å². The molecule has 0 fully saturated rings. The minimum atomic E-state index is -0.890. The first-order valence-electron chi connectivity index (χ1n) is 6.14. The molecule has 0 aliphatic rings. The van der Waals surface area contributed by atoms with Gasteiger partial charge < -0.3 is 10.2 Å². The Morgan fingerprint density at radius 3 is 2.71 bits per heavy atom. The second kappa shape index (κ2) is 6.40. The molecule has 1 heterocycles. The summed E-state index contributed by atoms with van der Waals surface area (Å²) in [5, 5.41) is 9.51. The lowest BCUT2D eigenvalue weighted by Gasteiger charge is -2.06. The molecule has 21 heavy (non-hydrogen) atoms. The smallest absolute Gasteiger partial charge is 0.318 e. The average molecular weight is 306 g/mol. The molecule has 0 saturated heterocycles. The van der Waals surface area contributed by atoms with E-state index in [1.807, 2.05) is 36.5 Å². The van der Waals surface area contributed by atoms with Crippen LogP contribution in [-0.2, 0) is 4.79 Å². The summed E-state index contributed by atoms with van der Waals surface area (Å²) in [7, 11) is 0. The van der Waals surface area contributed by atoms with E-state index >= 15 is 0 Å². The molecular weight excluding hydrogens is 292 g/mol. The molecule has 1 atom stereocenters. The third-order valence-corrected chi connectivity index (χ3v) is 3.61. The zero-order valence-corrected chi connectivity index (χ0v) is 12.3. The van der Waals surface area contributed by atoms with Gasteiger partial charge in [-0.1, -0.05) is 30.0 Å². The van der Waals surface area contributed by atoms with Crippen molar-refractivity contribution < 1.29 is 14.0 Å². The third-order valence-electron chi connectivity index (χ3n) is 2.68. The average Bonchev–Trinajstić information content (AvgIpc) is 2.86. The number of aromatic nitrogens is 2.